The first-order chi connectivity index (χ1) is 5.72. The topological polar surface area (TPSA) is 38.3 Å². The summed E-state index contributed by atoms with van der Waals surface area (Å²) in [5.41, 5.74) is 0. The third-order valence-electron chi connectivity index (χ3n) is 1.95. The summed E-state index contributed by atoms with van der Waals surface area (Å²) in [4.78, 5) is 11.0. The van der Waals surface area contributed by atoms with E-state index in [9.17, 15) is 4.79 Å². The van der Waals surface area contributed by atoms with E-state index >= 15 is 0 Å². The van der Waals surface area contributed by atoms with Crippen molar-refractivity contribution in [3.8, 4) is 0 Å². The van der Waals surface area contributed by atoms with Gasteiger partial charge in [-0.1, -0.05) is 0 Å². The fourth-order valence-electron chi connectivity index (χ4n) is 0.967. The molecule has 0 radical (unpaired) electrons. The van der Waals surface area contributed by atoms with E-state index in [1.807, 2.05) is 0 Å². The molecule has 1 fully saturated rings. The molecule has 1 amide bonds. The molecule has 1 aliphatic rings. The molecule has 1 saturated carbocycles. The molecule has 0 aromatic heterocycles. The lowest BCUT2D eigenvalue weighted by Gasteiger charge is -2.26. The maximum atomic E-state index is 11.0. The maximum absolute atomic E-state index is 11.0. The molecule has 1 unspecified atom stereocenters. The molecule has 70 valence electrons. The molecule has 1 aliphatic carbocycles. The monoisotopic (exact) mass is 191 g/mol. The number of carbonyl (C=O) groups is 1. The second-order valence-electron chi connectivity index (χ2n) is 3.14. The summed E-state index contributed by atoms with van der Waals surface area (Å²) < 4.78 is 4.92. The summed E-state index contributed by atoms with van der Waals surface area (Å²) in [6.07, 6.45) is 2.81. The van der Waals surface area contributed by atoms with E-state index in [4.69, 9.17) is 16.3 Å². The number of halogens is 1. The van der Waals surface area contributed by atoms with Gasteiger partial charge in [-0.25, -0.2) is 4.79 Å². The molecule has 1 atom stereocenters. The van der Waals surface area contributed by atoms with Crippen LogP contribution in [0.2, 0.25) is 0 Å². The Morgan fingerprint density at radius 2 is 2.42 bits per heavy atom. The zero-order chi connectivity index (χ0) is 8.97. The quantitative estimate of drug-likeness (QED) is 0.692. The molecule has 0 heterocycles. The summed E-state index contributed by atoms with van der Waals surface area (Å²) in [6, 6.07) is 0.333. The van der Waals surface area contributed by atoms with Crippen LogP contribution < -0.4 is 5.32 Å². The van der Waals surface area contributed by atoms with Crippen LogP contribution in [0, 0.1) is 0 Å². The Morgan fingerprint density at radius 3 is 2.83 bits per heavy atom. The van der Waals surface area contributed by atoms with Crippen LogP contribution in [0.4, 0.5) is 4.79 Å². The third-order valence-corrected chi connectivity index (χ3v) is 2.39. The van der Waals surface area contributed by atoms with Gasteiger partial charge in [-0.15, -0.1) is 11.6 Å². The molecule has 0 bridgehead atoms. The molecule has 0 aromatic carbocycles. The summed E-state index contributed by atoms with van der Waals surface area (Å²) in [5, 5.41) is 2.76. The van der Waals surface area contributed by atoms with Gasteiger partial charge in [0.2, 0.25) is 0 Å². The van der Waals surface area contributed by atoms with Crippen molar-refractivity contribution in [2.75, 3.05) is 5.88 Å². The Hall–Kier alpha value is -0.440. The van der Waals surface area contributed by atoms with Gasteiger partial charge in [-0.05, 0) is 26.2 Å². The van der Waals surface area contributed by atoms with Crippen molar-refractivity contribution in [2.45, 2.75) is 38.3 Å². The summed E-state index contributed by atoms with van der Waals surface area (Å²) in [6.45, 7) is 1.77. The first kappa shape index (κ1) is 9.65. The van der Waals surface area contributed by atoms with Crippen LogP contribution in [0.25, 0.3) is 0 Å². The average molecular weight is 192 g/mol. The van der Waals surface area contributed by atoms with Crippen LogP contribution in [0.1, 0.15) is 26.2 Å². The molecule has 0 saturated heterocycles. The number of rotatable bonds is 3. The molecule has 1 N–H and O–H groups in total. The Kier molecular flexibility index (Phi) is 3.66. The number of carbonyl (C=O) groups excluding carboxylic acids is 1. The third kappa shape index (κ3) is 2.89. The van der Waals surface area contributed by atoms with Crippen LogP contribution in [0.15, 0.2) is 0 Å². The number of alkyl halides is 1. The van der Waals surface area contributed by atoms with Crippen LogP contribution in [0.5, 0.6) is 0 Å². The van der Waals surface area contributed by atoms with Crippen LogP contribution in [-0.2, 0) is 4.74 Å². The standard InChI is InChI=1S/C8H14ClNO2/c1-6(5-9)12-8(11)10-7-3-2-4-7/h6-7H,2-5H2,1H3,(H,10,11). The molecule has 12 heavy (non-hydrogen) atoms. The van der Waals surface area contributed by atoms with Crippen molar-refractivity contribution in [3.05, 3.63) is 0 Å². The van der Waals surface area contributed by atoms with E-state index in [1.165, 1.54) is 6.42 Å². The minimum Gasteiger partial charge on any atom is -0.445 e. The number of alkyl carbamates (subject to hydrolysis) is 1. The zero-order valence-electron chi connectivity index (χ0n) is 7.18. The van der Waals surface area contributed by atoms with Gasteiger partial charge < -0.3 is 10.1 Å². The zero-order valence-corrected chi connectivity index (χ0v) is 7.93. The first-order valence-electron chi connectivity index (χ1n) is 4.25. The van der Waals surface area contributed by atoms with Crippen molar-refractivity contribution < 1.29 is 9.53 Å². The molecular weight excluding hydrogens is 178 g/mol. The number of nitrogens with one attached hydrogen (secondary N) is 1. The van der Waals surface area contributed by atoms with Crippen molar-refractivity contribution in [2.24, 2.45) is 0 Å². The van der Waals surface area contributed by atoms with Gasteiger partial charge in [0.15, 0.2) is 0 Å². The maximum Gasteiger partial charge on any atom is 0.407 e. The minimum absolute atomic E-state index is 0.202. The second-order valence-corrected chi connectivity index (χ2v) is 3.45. The molecule has 1 rings (SSSR count). The molecule has 4 heteroatoms. The highest BCUT2D eigenvalue weighted by Gasteiger charge is 2.20. The highest BCUT2D eigenvalue weighted by atomic mass is 35.5. The second kappa shape index (κ2) is 4.55. The number of hydrogen-bond donors (Lipinski definition) is 1. The lowest BCUT2D eigenvalue weighted by atomic mass is 9.93. The number of amides is 1. The van der Waals surface area contributed by atoms with Crippen LogP contribution in [0.3, 0.4) is 0 Å². The minimum atomic E-state index is -0.340. The summed E-state index contributed by atoms with van der Waals surface area (Å²) in [7, 11) is 0. The fourth-order valence-corrected chi connectivity index (χ4v) is 1.03. The number of hydrogen-bond acceptors (Lipinski definition) is 2. The largest absolute Gasteiger partial charge is 0.445 e. The smallest absolute Gasteiger partial charge is 0.407 e. The SMILES string of the molecule is CC(CCl)OC(=O)NC1CCC1. The molecule has 0 spiro atoms. The van der Waals surface area contributed by atoms with Crippen molar-refractivity contribution >= 4 is 17.7 Å². The van der Waals surface area contributed by atoms with Gasteiger partial charge in [0.1, 0.15) is 6.10 Å². The Bertz CT molecular complexity index is 150. The van der Waals surface area contributed by atoms with Gasteiger partial charge in [0.05, 0.1) is 5.88 Å². The van der Waals surface area contributed by atoms with E-state index in [1.54, 1.807) is 6.92 Å². The van der Waals surface area contributed by atoms with E-state index in [0.717, 1.165) is 12.8 Å². The molecule has 0 aliphatic heterocycles. The fraction of sp³-hybridized carbons (Fsp3) is 0.875. The Balaban J connectivity index is 2.10. The Labute approximate surface area is 77.4 Å². The van der Waals surface area contributed by atoms with Gasteiger partial charge >= 0.3 is 6.09 Å². The number of ether oxygens (including phenoxy) is 1. The first-order valence-corrected chi connectivity index (χ1v) is 4.79. The van der Waals surface area contributed by atoms with Crippen LogP contribution in [-0.4, -0.2) is 24.1 Å². The summed E-state index contributed by atoms with van der Waals surface area (Å²) in [5.74, 6) is 0.345. The van der Waals surface area contributed by atoms with E-state index in [2.05, 4.69) is 5.32 Å². The molecular formula is C8H14ClNO2. The van der Waals surface area contributed by atoms with E-state index in [0.29, 0.717) is 11.9 Å². The van der Waals surface area contributed by atoms with Gasteiger partial charge in [0, 0.05) is 6.04 Å². The Morgan fingerprint density at radius 1 is 1.75 bits per heavy atom. The van der Waals surface area contributed by atoms with Crippen molar-refractivity contribution in [3.63, 3.8) is 0 Å². The lowest BCUT2D eigenvalue weighted by molar-refractivity contribution is 0.109. The summed E-state index contributed by atoms with van der Waals surface area (Å²) >= 11 is 5.48. The lowest BCUT2D eigenvalue weighted by Crippen LogP contribution is -2.41. The van der Waals surface area contributed by atoms with E-state index in [-0.39, 0.29) is 12.2 Å². The normalized spacial score (nSPS) is 19.5. The van der Waals surface area contributed by atoms with Gasteiger partial charge in [-0.3, -0.25) is 0 Å². The molecule has 3 nitrogen and oxygen atoms in total. The highest BCUT2D eigenvalue weighted by Crippen LogP contribution is 2.18. The predicted octanol–water partition coefficient (Wildman–Crippen LogP) is 1.89. The molecule has 0 aromatic rings. The van der Waals surface area contributed by atoms with Crippen molar-refractivity contribution in [1.29, 1.82) is 0 Å². The van der Waals surface area contributed by atoms with E-state index < -0.39 is 0 Å². The van der Waals surface area contributed by atoms with Crippen molar-refractivity contribution in [1.82, 2.24) is 5.32 Å². The van der Waals surface area contributed by atoms with Crippen LogP contribution >= 0.6 is 11.6 Å². The van der Waals surface area contributed by atoms with Gasteiger partial charge in [0.25, 0.3) is 0 Å². The average Bonchev–Trinajstić information content (AvgIpc) is 1.97. The predicted molar refractivity (Wildman–Crippen MR) is 47.4 cm³/mol. The highest BCUT2D eigenvalue weighted by molar-refractivity contribution is 6.18. The van der Waals surface area contributed by atoms with Gasteiger partial charge in [-0.2, -0.15) is 0 Å².